The molecule has 0 amide bonds. The van der Waals surface area contributed by atoms with Gasteiger partial charge in [0.15, 0.2) is 0 Å². The SMILES string of the molecule is CC1CN(CCCO)C(c2ccccc2)O1. The molecule has 1 aliphatic rings. The van der Waals surface area contributed by atoms with Crippen molar-refractivity contribution in [1.29, 1.82) is 0 Å². The number of aliphatic hydroxyl groups is 1. The summed E-state index contributed by atoms with van der Waals surface area (Å²) in [6, 6.07) is 10.3. The molecule has 1 heterocycles. The Kier molecular flexibility index (Phi) is 3.93. The van der Waals surface area contributed by atoms with Gasteiger partial charge >= 0.3 is 0 Å². The highest BCUT2D eigenvalue weighted by molar-refractivity contribution is 5.18. The summed E-state index contributed by atoms with van der Waals surface area (Å²) in [7, 11) is 0. The largest absolute Gasteiger partial charge is 0.396 e. The van der Waals surface area contributed by atoms with Crippen LogP contribution in [0.5, 0.6) is 0 Å². The lowest BCUT2D eigenvalue weighted by molar-refractivity contribution is 0.00296. The Labute approximate surface area is 96.6 Å². The van der Waals surface area contributed by atoms with E-state index in [1.54, 1.807) is 0 Å². The van der Waals surface area contributed by atoms with Crippen molar-refractivity contribution in [3.63, 3.8) is 0 Å². The van der Waals surface area contributed by atoms with Crippen LogP contribution in [0, 0.1) is 0 Å². The molecule has 0 spiro atoms. The van der Waals surface area contributed by atoms with E-state index in [0.29, 0.717) is 0 Å². The third-order valence-corrected chi connectivity index (χ3v) is 2.87. The minimum Gasteiger partial charge on any atom is -0.396 e. The molecule has 1 aromatic carbocycles. The first-order valence-electron chi connectivity index (χ1n) is 5.86. The van der Waals surface area contributed by atoms with Crippen LogP contribution in [-0.4, -0.2) is 35.8 Å². The van der Waals surface area contributed by atoms with Gasteiger partial charge in [0.05, 0.1) is 6.10 Å². The molecule has 0 aromatic heterocycles. The Bertz CT molecular complexity index is 315. The van der Waals surface area contributed by atoms with Crippen LogP contribution in [0.25, 0.3) is 0 Å². The molecule has 1 saturated heterocycles. The zero-order valence-corrected chi connectivity index (χ0v) is 9.67. The van der Waals surface area contributed by atoms with Crippen molar-refractivity contribution in [3.8, 4) is 0 Å². The van der Waals surface area contributed by atoms with E-state index in [4.69, 9.17) is 9.84 Å². The lowest BCUT2D eigenvalue weighted by Gasteiger charge is -2.22. The van der Waals surface area contributed by atoms with Gasteiger partial charge in [0, 0.05) is 19.7 Å². The van der Waals surface area contributed by atoms with Crippen LogP contribution in [0.2, 0.25) is 0 Å². The topological polar surface area (TPSA) is 32.7 Å². The maximum atomic E-state index is 8.88. The van der Waals surface area contributed by atoms with Gasteiger partial charge < -0.3 is 9.84 Å². The first kappa shape index (κ1) is 11.6. The number of nitrogens with zero attached hydrogens (tertiary/aromatic N) is 1. The Morgan fingerprint density at radius 2 is 2.12 bits per heavy atom. The summed E-state index contributed by atoms with van der Waals surface area (Å²) in [5, 5.41) is 8.88. The molecule has 1 aromatic rings. The Morgan fingerprint density at radius 3 is 2.81 bits per heavy atom. The van der Waals surface area contributed by atoms with Gasteiger partial charge in [0.2, 0.25) is 0 Å². The number of hydrogen-bond acceptors (Lipinski definition) is 3. The molecule has 0 saturated carbocycles. The molecule has 2 unspecified atom stereocenters. The lowest BCUT2D eigenvalue weighted by Crippen LogP contribution is -2.26. The molecule has 2 atom stereocenters. The van der Waals surface area contributed by atoms with Gasteiger partial charge in [-0.25, -0.2) is 0 Å². The first-order valence-corrected chi connectivity index (χ1v) is 5.86. The number of ether oxygens (including phenoxy) is 1. The van der Waals surface area contributed by atoms with Gasteiger partial charge in [-0.15, -0.1) is 0 Å². The second-order valence-corrected chi connectivity index (χ2v) is 4.28. The van der Waals surface area contributed by atoms with Gasteiger partial charge in [-0.1, -0.05) is 30.3 Å². The van der Waals surface area contributed by atoms with E-state index in [2.05, 4.69) is 24.0 Å². The highest BCUT2D eigenvalue weighted by Gasteiger charge is 2.30. The van der Waals surface area contributed by atoms with Crippen molar-refractivity contribution < 1.29 is 9.84 Å². The van der Waals surface area contributed by atoms with E-state index in [-0.39, 0.29) is 18.9 Å². The van der Waals surface area contributed by atoms with Crippen molar-refractivity contribution in [2.75, 3.05) is 19.7 Å². The predicted octanol–water partition coefficient (Wildman–Crippen LogP) is 1.79. The van der Waals surface area contributed by atoms with Crippen LogP contribution in [0.4, 0.5) is 0 Å². The van der Waals surface area contributed by atoms with Crippen LogP contribution in [0.1, 0.15) is 25.1 Å². The summed E-state index contributed by atoms with van der Waals surface area (Å²) in [6.45, 7) is 4.17. The summed E-state index contributed by atoms with van der Waals surface area (Å²) in [5.41, 5.74) is 1.20. The maximum Gasteiger partial charge on any atom is 0.137 e. The molecular weight excluding hydrogens is 202 g/mol. The fourth-order valence-corrected chi connectivity index (χ4v) is 2.16. The standard InChI is InChI=1S/C13H19NO2/c1-11-10-14(8-5-9-15)13(16-11)12-6-3-2-4-7-12/h2-4,6-7,11,13,15H,5,8-10H2,1H3. The minimum atomic E-state index is 0.0581. The predicted molar refractivity (Wildman–Crippen MR) is 63.0 cm³/mol. The molecule has 0 radical (unpaired) electrons. The molecule has 2 rings (SSSR count). The molecule has 0 bridgehead atoms. The molecule has 0 aliphatic carbocycles. The summed E-state index contributed by atoms with van der Waals surface area (Å²) in [6.07, 6.45) is 1.13. The minimum absolute atomic E-state index is 0.0581. The van der Waals surface area contributed by atoms with Gasteiger partial charge in [0.1, 0.15) is 6.23 Å². The normalized spacial score (nSPS) is 26.1. The molecular formula is C13H19NO2. The number of rotatable bonds is 4. The van der Waals surface area contributed by atoms with Crippen LogP contribution >= 0.6 is 0 Å². The van der Waals surface area contributed by atoms with Crippen LogP contribution in [-0.2, 0) is 4.74 Å². The van der Waals surface area contributed by atoms with E-state index in [0.717, 1.165) is 19.5 Å². The molecule has 1 aliphatic heterocycles. The van der Waals surface area contributed by atoms with Crippen molar-refractivity contribution in [2.24, 2.45) is 0 Å². The fraction of sp³-hybridized carbons (Fsp3) is 0.538. The third-order valence-electron chi connectivity index (χ3n) is 2.87. The van der Waals surface area contributed by atoms with Gasteiger partial charge in [-0.3, -0.25) is 4.90 Å². The average molecular weight is 221 g/mol. The fourth-order valence-electron chi connectivity index (χ4n) is 2.16. The average Bonchev–Trinajstić information content (AvgIpc) is 2.69. The Morgan fingerprint density at radius 1 is 1.38 bits per heavy atom. The number of aliphatic hydroxyl groups excluding tert-OH is 1. The quantitative estimate of drug-likeness (QED) is 0.841. The van der Waals surface area contributed by atoms with Crippen molar-refractivity contribution >= 4 is 0 Å². The molecule has 16 heavy (non-hydrogen) atoms. The van der Waals surface area contributed by atoms with E-state index in [1.165, 1.54) is 5.56 Å². The molecule has 3 heteroatoms. The summed E-state index contributed by atoms with van der Waals surface area (Å²) in [5.74, 6) is 0. The van der Waals surface area contributed by atoms with E-state index in [1.807, 2.05) is 18.2 Å². The van der Waals surface area contributed by atoms with Gasteiger partial charge in [-0.2, -0.15) is 0 Å². The van der Waals surface area contributed by atoms with Gasteiger partial charge in [0.25, 0.3) is 0 Å². The van der Waals surface area contributed by atoms with Crippen LogP contribution < -0.4 is 0 Å². The first-order chi connectivity index (χ1) is 7.81. The van der Waals surface area contributed by atoms with Crippen molar-refractivity contribution in [1.82, 2.24) is 4.90 Å². The second kappa shape index (κ2) is 5.43. The molecule has 88 valence electrons. The van der Waals surface area contributed by atoms with E-state index < -0.39 is 0 Å². The zero-order valence-electron chi connectivity index (χ0n) is 9.67. The number of benzene rings is 1. The van der Waals surface area contributed by atoms with Crippen LogP contribution in [0.3, 0.4) is 0 Å². The lowest BCUT2D eigenvalue weighted by atomic mass is 10.2. The highest BCUT2D eigenvalue weighted by Crippen LogP contribution is 2.29. The molecule has 1 N–H and O–H groups in total. The smallest absolute Gasteiger partial charge is 0.137 e. The van der Waals surface area contributed by atoms with E-state index in [9.17, 15) is 0 Å². The summed E-state index contributed by atoms with van der Waals surface area (Å²) >= 11 is 0. The van der Waals surface area contributed by atoms with Crippen molar-refractivity contribution in [2.45, 2.75) is 25.7 Å². The van der Waals surface area contributed by atoms with Crippen LogP contribution in [0.15, 0.2) is 30.3 Å². The van der Waals surface area contributed by atoms with Gasteiger partial charge in [-0.05, 0) is 18.9 Å². The summed E-state index contributed by atoms with van der Waals surface area (Å²) < 4.78 is 5.90. The molecule has 1 fully saturated rings. The van der Waals surface area contributed by atoms with E-state index >= 15 is 0 Å². The highest BCUT2D eigenvalue weighted by atomic mass is 16.5. The maximum absolute atomic E-state index is 8.88. The number of hydrogen-bond donors (Lipinski definition) is 1. The summed E-state index contributed by atoms with van der Waals surface area (Å²) in [4.78, 5) is 2.29. The Hall–Kier alpha value is -0.900. The second-order valence-electron chi connectivity index (χ2n) is 4.28. The third kappa shape index (κ3) is 2.61. The van der Waals surface area contributed by atoms with Crippen molar-refractivity contribution in [3.05, 3.63) is 35.9 Å². The monoisotopic (exact) mass is 221 g/mol. The Balaban J connectivity index is 2.06. The molecule has 3 nitrogen and oxygen atoms in total. The zero-order chi connectivity index (χ0) is 11.4.